The Morgan fingerprint density at radius 3 is 1.93 bits per heavy atom. The van der Waals surface area contributed by atoms with E-state index in [4.69, 9.17) is 14.2 Å². The van der Waals surface area contributed by atoms with Crippen LogP contribution in [0.2, 0.25) is 0 Å². The van der Waals surface area contributed by atoms with Crippen LogP contribution < -0.4 is 10.1 Å². The number of nitrogens with zero attached hydrogens (tertiary/aromatic N) is 2. The first-order valence-electron chi connectivity index (χ1n) is 8.18. The van der Waals surface area contributed by atoms with Gasteiger partial charge in [0.1, 0.15) is 11.4 Å². The van der Waals surface area contributed by atoms with E-state index in [2.05, 4.69) is 20.3 Å². The van der Waals surface area contributed by atoms with Crippen LogP contribution in [0.5, 0.6) is 5.75 Å². The van der Waals surface area contributed by atoms with Crippen LogP contribution in [0, 0.1) is 0 Å². The molecule has 10 nitrogen and oxygen atoms in total. The Labute approximate surface area is 166 Å². The Hall–Kier alpha value is -3.95. The monoisotopic (exact) mass is 401 g/mol. The number of nitrogens with one attached hydrogen (secondary N) is 1. The molecule has 152 valence electrons. The quantitative estimate of drug-likeness (QED) is 0.439. The lowest BCUT2D eigenvalue weighted by molar-refractivity contribution is 0.0599. The molecule has 10 heteroatoms. The molecular weight excluding hydrogens is 382 g/mol. The van der Waals surface area contributed by atoms with Crippen molar-refractivity contribution in [3.05, 3.63) is 47.5 Å². The third kappa shape index (κ3) is 5.51. The first kappa shape index (κ1) is 21.4. The first-order chi connectivity index (χ1) is 13.9. The number of carbonyl (C=O) groups excluding carboxylic acids is 3. The van der Waals surface area contributed by atoms with Crippen molar-refractivity contribution in [3.63, 3.8) is 0 Å². The third-order valence-electron chi connectivity index (χ3n) is 3.66. The molecule has 1 amide bonds. The summed E-state index contributed by atoms with van der Waals surface area (Å²) in [6.45, 7) is 0. The van der Waals surface area contributed by atoms with E-state index >= 15 is 0 Å². The molecule has 0 atom stereocenters. The molecule has 2 aromatic rings. The molecule has 0 aromatic heterocycles. The van der Waals surface area contributed by atoms with E-state index in [1.165, 1.54) is 46.6 Å². The molecule has 0 fully saturated rings. The second-order valence-corrected chi connectivity index (χ2v) is 5.46. The van der Waals surface area contributed by atoms with E-state index in [1.807, 2.05) is 0 Å². The van der Waals surface area contributed by atoms with Gasteiger partial charge in [-0.3, -0.25) is 0 Å². The molecule has 0 bridgehead atoms. The van der Waals surface area contributed by atoms with Crippen molar-refractivity contribution in [2.45, 2.75) is 0 Å². The molecule has 0 unspecified atom stereocenters. The molecule has 0 saturated heterocycles. The smallest absolute Gasteiger partial charge is 0.452 e. The van der Waals surface area contributed by atoms with Gasteiger partial charge in [-0.1, -0.05) is 5.11 Å². The van der Waals surface area contributed by atoms with E-state index in [0.717, 1.165) is 0 Å². The van der Waals surface area contributed by atoms with Crippen LogP contribution in [0.15, 0.2) is 46.6 Å². The molecule has 0 saturated carbocycles. The molecule has 0 aliphatic heterocycles. The third-order valence-corrected chi connectivity index (χ3v) is 3.66. The van der Waals surface area contributed by atoms with Gasteiger partial charge in [-0.05, 0) is 30.3 Å². The van der Waals surface area contributed by atoms with Crippen molar-refractivity contribution in [2.24, 2.45) is 10.2 Å². The predicted molar refractivity (Wildman–Crippen MR) is 102 cm³/mol. The second-order valence-electron chi connectivity index (χ2n) is 5.46. The van der Waals surface area contributed by atoms with Gasteiger partial charge in [0.2, 0.25) is 0 Å². The predicted octanol–water partition coefficient (Wildman–Crippen LogP) is 3.86. The summed E-state index contributed by atoms with van der Waals surface area (Å²) in [5.41, 5.74) is 1.67. The molecule has 1 N–H and O–H groups in total. The summed E-state index contributed by atoms with van der Waals surface area (Å²) in [4.78, 5) is 34.9. The van der Waals surface area contributed by atoms with Crippen molar-refractivity contribution >= 4 is 35.1 Å². The summed E-state index contributed by atoms with van der Waals surface area (Å²) >= 11 is 0. The highest BCUT2D eigenvalue weighted by molar-refractivity contribution is 5.97. The van der Waals surface area contributed by atoms with Gasteiger partial charge in [0.15, 0.2) is 0 Å². The SMILES string of the molecule is COC(=O)N=Nc1ccc(Nc2cc(C(=O)OC)cc(C(=O)OC)c2)cc1OC. The van der Waals surface area contributed by atoms with Gasteiger partial charge >= 0.3 is 18.0 Å². The van der Waals surface area contributed by atoms with E-state index in [9.17, 15) is 14.4 Å². The fourth-order valence-corrected chi connectivity index (χ4v) is 2.31. The largest absolute Gasteiger partial charge is 0.494 e. The topological polar surface area (TPSA) is 125 Å². The number of benzene rings is 2. The fraction of sp³-hybridized carbons (Fsp3) is 0.211. The zero-order valence-electron chi connectivity index (χ0n) is 16.2. The molecule has 0 heterocycles. The van der Waals surface area contributed by atoms with Gasteiger partial charge in [-0.25, -0.2) is 14.4 Å². The highest BCUT2D eigenvalue weighted by Crippen LogP contribution is 2.32. The van der Waals surface area contributed by atoms with Gasteiger partial charge in [-0.15, -0.1) is 5.11 Å². The van der Waals surface area contributed by atoms with Crippen molar-refractivity contribution in [1.29, 1.82) is 0 Å². The Balaban J connectivity index is 2.37. The Bertz CT molecular complexity index is 923. The zero-order valence-corrected chi connectivity index (χ0v) is 16.2. The summed E-state index contributed by atoms with van der Waals surface area (Å²) < 4.78 is 19.1. The average Bonchev–Trinajstić information content (AvgIpc) is 2.76. The summed E-state index contributed by atoms with van der Waals surface area (Å²) in [5, 5.41) is 10.2. The summed E-state index contributed by atoms with van der Waals surface area (Å²) in [6, 6.07) is 9.25. The van der Waals surface area contributed by atoms with Gasteiger partial charge in [0, 0.05) is 17.4 Å². The maximum atomic E-state index is 11.9. The van der Waals surface area contributed by atoms with Crippen molar-refractivity contribution in [3.8, 4) is 5.75 Å². The minimum Gasteiger partial charge on any atom is -0.494 e. The molecule has 2 rings (SSSR count). The normalized spacial score (nSPS) is 10.3. The minimum atomic E-state index is -0.843. The maximum absolute atomic E-state index is 11.9. The number of azo groups is 1. The standard InChI is InChI=1S/C19H19N3O7/c1-26-16-10-13(5-6-15(16)21-22-19(25)29-4)20-14-8-11(17(23)27-2)7-12(9-14)18(24)28-3/h5-10,20H,1-4H3. The van der Waals surface area contributed by atoms with Gasteiger partial charge in [0.25, 0.3) is 0 Å². The number of anilines is 2. The summed E-state index contributed by atoms with van der Waals surface area (Å²) in [5.74, 6) is -0.870. The maximum Gasteiger partial charge on any atom is 0.452 e. The van der Waals surface area contributed by atoms with Crippen LogP contribution in [0.3, 0.4) is 0 Å². The highest BCUT2D eigenvalue weighted by Gasteiger charge is 2.14. The highest BCUT2D eigenvalue weighted by atomic mass is 16.5. The van der Waals surface area contributed by atoms with Gasteiger partial charge in [-0.2, -0.15) is 0 Å². The molecule has 2 aromatic carbocycles. The Morgan fingerprint density at radius 2 is 1.41 bits per heavy atom. The zero-order chi connectivity index (χ0) is 21.4. The van der Waals surface area contributed by atoms with E-state index in [1.54, 1.807) is 18.2 Å². The molecule has 0 spiro atoms. The second kappa shape index (κ2) is 9.83. The van der Waals surface area contributed by atoms with E-state index in [-0.39, 0.29) is 11.1 Å². The van der Waals surface area contributed by atoms with Crippen LogP contribution in [0.1, 0.15) is 20.7 Å². The Kier molecular flexibility index (Phi) is 7.24. The minimum absolute atomic E-state index is 0.174. The van der Waals surface area contributed by atoms with Crippen LogP contribution in [0.4, 0.5) is 21.9 Å². The number of methoxy groups -OCH3 is 4. The lowest BCUT2D eigenvalue weighted by Crippen LogP contribution is -2.07. The number of rotatable bonds is 6. The number of hydrogen-bond donors (Lipinski definition) is 1. The van der Waals surface area contributed by atoms with Crippen LogP contribution >= 0.6 is 0 Å². The van der Waals surface area contributed by atoms with Crippen LogP contribution in [0.25, 0.3) is 0 Å². The molecular formula is C19H19N3O7. The van der Waals surface area contributed by atoms with Gasteiger partial charge in [0.05, 0.1) is 39.6 Å². The summed E-state index contributed by atoms with van der Waals surface area (Å²) in [7, 11) is 5.11. The van der Waals surface area contributed by atoms with Crippen LogP contribution in [-0.4, -0.2) is 46.5 Å². The first-order valence-corrected chi connectivity index (χ1v) is 8.18. The lowest BCUT2D eigenvalue weighted by atomic mass is 10.1. The lowest BCUT2D eigenvalue weighted by Gasteiger charge is -2.12. The molecule has 0 aliphatic carbocycles. The van der Waals surface area contributed by atoms with Crippen LogP contribution in [-0.2, 0) is 14.2 Å². The summed E-state index contributed by atoms with van der Waals surface area (Å²) in [6.07, 6.45) is -0.843. The number of amides is 1. The number of hydrogen-bond acceptors (Lipinski definition) is 9. The Morgan fingerprint density at radius 1 is 0.793 bits per heavy atom. The molecule has 0 radical (unpaired) electrons. The van der Waals surface area contributed by atoms with E-state index in [0.29, 0.717) is 22.8 Å². The number of ether oxygens (including phenoxy) is 4. The van der Waals surface area contributed by atoms with Crippen molar-refractivity contribution in [2.75, 3.05) is 33.8 Å². The molecule has 0 aliphatic rings. The van der Waals surface area contributed by atoms with E-state index < -0.39 is 18.0 Å². The van der Waals surface area contributed by atoms with Crippen molar-refractivity contribution in [1.82, 2.24) is 0 Å². The number of carbonyl (C=O) groups is 3. The van der Waals surface area contributed by atoms with Crippen molar-refractivity contribution < 1.29 is 33.3 Å². The average molecular weight is 401 g/mol. The van der Waals surface area contributed by atoms with Gasteiger partial charge < -0.3 is 24.3 Å². The fourth-order valence-electron chi connectivity index (χ4n) is 2.31. The number of esters is 2. The molecule has 29 heavy (non-hydrogen) atoms.